The van der Waals surface area contributed by atoms with E-state index >= 15 is 0 Å². The van der Waals surface area contributed by atoms with Gasteiger partial charge in [0, 0.05) is 5.92 Å². The van der Waals surface area contributed by atoms with E-state index in [1.54, 1.807) is 0 Å². The summed E-state index contributed by atoms with van der Waals surface area (Å²) in [6.45, 7) is 7.69. The van der Waals surface area contributed by atoms with Crippen molar-refractivity contribution in [2.75, 3.05) is 0 Å². The number of amides is 1. The van der Waals surface area contributed by atoms with Crippen LogP contribution >= 0.6 is 0 Å². The van der Waals surface area contributed by atoms with Crippen molar-refractivity contribution in [1.29, 1.82) is 0 Å². The summed E-state index contributed by atoms with van der Waals surface area (Å²) in [5.74, 6) is -1.25. The first-order chi connectivity index (χ1) is 7.93. The molecule has 0 bridgehead atoms. The molecule has 0 saturated carbocycles. The average molecular weight is 243 g/mol. The molecule has 0 saturated heterocycles. The summed E-state index contributed by atoms with van der Waals surface area (Å²) in [5, 5.41) is 11.7. The Balaban J connectivity index is 4.35. The summed E-state index contributed by atoms with van der Waals surface area (Å²) in [6.07, 6.45) is 3.59. The van der Waals surface area contributed by atoms with E-state index in [0.29, 0.717) is 0 Å². The molecular weight excluding hydrogens is 218 g/mol. The Morgan fingerprint density at radius 3 is 2.24 bits per heavy atom. The van der Waals surface area contributed by atoms with Gasteiger partial charge in [-0.1, -0.05) is 47.0 Å². The normalized spacial score (nSPS) is 16.0. The van der Waals surface area contributed by atoms with E-state index in [1.165, 1.54) is 0 Å². The number of rotatable bonds is 8. The van der Waals surface area contributed by atoms with Crippen molar-refractivity contribution in [2.45, 2.75) is 59.4 Å². The minimum atomic E-state index is -0.949. The van der Waals surface area contributed by atoms with Gasteiger partial charge < -0.3 is 10.4 Å². The van der Waals surface area contributed by atoms with Gasteiger partial charge in [0.15, 0.2) is 0 Å². The lowest BCUT2D eigenvalue weighted by atomic mass is 9.97. The van der Waals surface area contributed by atoms with E-state index in [1.807, 2.05) is 20.8 Å². The number of aliphatic carboxylic acids is 1. The standard InChI is InChI=1S/C13H25NO3/c1-5-7-8-10(4)12(15)14-11(13(16)17)9(3)6-2/h9-11H,5-8H2,1-4H3,(H,14,15)(H,16,17)/t9-,10?,11-/m0/s1. The largest absolute Gasteiger partial charge is 0.480 e. The third-order valence-electron chi connectivity index (χ3n) is 3.22. The summed E-state index contributed by atoms with van der Waals surface area (Å²) in [6, 6.07) is -0.767. The van der Waals surface area contributed by atoms with Crippen LogP contribution in [0.1, 0.15) is 53.4 Å². The highest BCUT2D eigenvalue weighted by Crippen LogP contribution is 2.12. The number of nitrogens with one attached hydrogen (secondary N) is 1. The lowest BCUT2D eigenvalue weighted by molar-refractivity contribution is -0.144. The highest BCUT2D eigenvalue weighted by molar-refractivity contribution is 5.84. The third kappa shape index (κ3) is 5.71. The molecular formula is C13H25NO3. The van der Waals surface area contributed by atoms with Gasteiger partial charge in [-0.15, -0.1) is 0 Å². The second kappa shape index (κ2) is 8.09. The average Bonchev–Trinajstić information content (AvgIpc) is 2.31. The molecule has 0 aromatic heterocycles. The lowest BCUT2D eigenvalue weighted by Crippen LogP contribution is -2.46. The zero-order valence-electron chi connectivity index (χ0n) is 11.3. The van der Waals surface area contributed by atoms with Gasteiger partial charge in [-0.05, 0) is 12.3 Å². The molecule has 0 aromatic carbocycles. The van der Waals surface area contributed by atoms with E-state index in [0.717, 1.165) is 25.7 Å². The summed E-state index contributed by atoms with van der Waals surface area (Å²) in [4.78, 5) is 22.9. The topological polar surface area (TPSA) is 66.4 Å². The quantitative estimate of drug-likeness (QED) is 0.688. The van der Waals surface area contributed by atoms with Crippen molar-refractivity contribution in [1.82, 2.24) is 5.32 Å². The van der Waals surface area contributed by atoms with Crippen molar-refractivity contribution < 1.29 is 14.7 Å². The number of carboxylic acid groups (broad SMARTS) is 1. The van der Waals surface area contributed by atoms with Crippen LogP contribution in [0.5, 0.6) is 0 Å². The monoisotopic (exact) mass is 243 g/mol. The van der Waals surface area contributed by atoms with E-state index in [-0.39, 0.29) is 17.7 Å². The molecule has 1 amide bonds. The molecule has 4 heteroatoms. The van der Waals surface area contributed by atoms with E-state index in [2.05, 4.69) is 12.2 Å². The van der Waals surface area contributed by atoms with Crippen LogP contribution in [0.25, 0.3) is 0 Å². The molecule has 17 heavy (non-hydrogen) atoms. The zero-order chi connectivity index (χ0) is 13.4. The molecule has 4 nitrogen and oxygen atoms in total. The smallest absolute Gasteiger partial charge is 0.326 e. The Morgan fingerprint density at radius 2 is 1.82 bits per heavy atom. The Hall–Kier alpha value is -1.06. The van der Waals surface area contributed by atoms with Gasteiger partial charge in [-0.3, -0.25) is 4.79 Å². The molecule has 0 rings (SSSR count). The number of carbonyl (C=O) groups is 2. The maximum Gasteiger partial charge on any atom is 0.326 e. The fourth-order valence-corrected chi connectivity index (χ4v) is 1.62. The van der Waals surface area contributed by atoms with Crippen LogP contribution in [0, 0.1) is 11.8 Å². The number of hydrogen-bond acceptors (Lipinski definition) is 2. The van der Waals surface area contributed by atoms with Crippen LogP contribution in [-0.2, 0) is 9.59 Å². The van der Waals surface area contributed by atoms with Crippen LogP contribution in [0.4, 0.5) is 0 Å². The zero-order valence-corrected chi connectivity index (χ0v) is 11.3. The number of carboxylic acids is 1. The van der Waals surface area contributed by atoms with Crippen molar-refractivity contribution in [3.63, 3.8) is 0 Å². The Labute approximate surface area is 104 Å². The van der Waals surface area contributed by atoms with E-state index < -0.39 is 12.0 Å². The van der Waals surface area contributed by atoms with Gasteiger partial charge in [-0.2, -0.15) is 0 Å². The minimum Gasteiger partial charge on any atom is -0.480 e. The van der Waals surface area contributed by atoms with Crippen LogP contribution in [0.3, 0.4) is 0 Å². The van der Waals surface area contributed by atoms with Crippen LogP contribution in [0.2, 0.25) is 0 Å². The molecule has 0 aromatic rings. The van der Waals surface area contributed by atoms with Gasteiger partial charge in [0.25, 0.3) is 0 Å². The second-order valence-electron chi connectivity index (χ2n) is 4.75. The predicted molar refractivity (Wildman–Crippen MR) is 67.7 cm³/mol. The molecule has 0 aliphatic rings. The first-order valence-corrected chi connectivity index (χ1v) is 6.47. The Kier molecular flexibility index (Phi) is 7.59. The molecule has 2 N–H and O–H groups in total. The highest BCUT2D eigenvalue weighted by Gasteiger charge is 2.26. The Bertz CT molecular complexity index is 253. The van der Waals surface area contributed by atoms with Crippen molar-refractivity contribution >= 4 is 11.9 Å². The number of carbonyl (C=O) groups excluding carboxylic acids is 1. The first kappa shape index (κ1) is 15.9. The fourth-order valence-electron chi connectivity index (χ4n) is 1.62. The molecule has 0 radical (unpaired) electrons. The molecule has 0 spiro atoms. The number of hydrogen-bond donors (Lipinski definition) is 2. The number of unbranched alkanes of at least 4 members (excludes halogenated alkanes) is 1. The van der Waals surface area contributed by atoms with Gasteiger partial charge in [-0.25, -0.2) is 4.79 Å². The third-order valence-corrected chi connectivity index (χ3v) is 3.22. The van der Waals surface area contributed by atoms with Gasteiger partial charge in [0.1, 0.15) is 6.04 Å². The van der Waals surface area contributed by atoms with Gasteiger partial charge >= 0.3 is 5.97 Å². The molecule has 0 aliphatic carbocycles. The molecule has 3 atom stereocenters. The molecule has 0 heterocycles. The highest BCUT2D eigenvalue weighted by atomic mass is 16.4. The second-order valence-corrected chi connectivity index (χ2v) is 4.75. The van der Waals surface area contributed by atoms with E-state index in [9.17, 15) is 9.59 Å². The van der Waals surface area contributed by atoms with Crippen molar-refractivity contribution in [2.24, 2.45) is 11.8 Å². The van der Waals surface area contributed by atoms with Crippen molar-refractivity contribution in [3.05, 3.63) is 0 Å². The summed E-state index contributed by atoms with van der Waals surface area (Å²) in [7, 11) is 0. The van der Waals surface area contributed by atoms with Gasteiger partial charge in [0.2, 0.25) is 5.91 Å². The maximum absolute atomic E-state index is 11.8. The van der Waals surface area contributed by atoms with Gasteiger partial charge in [0.05, 0.1) is 0 Å². The SMILES string of the molecule is CCCCC(C)C(=O)N[C@H](C(=O)O)[C@@H](C)CC. The first-order valence-electron chi connectivity index (χ1n) is 6.47. The minimum absolute atomic E-state index is 0.0465. The molecule has 0 fully saturated rings. The Morgan fingerprint density at radius 1 is 1.24 bits per heavy atom. The maximum atomic E-state index is 11.8. The molecule has 100 valence electrons. The van der Waals surface area contributed by atoms with Crippen LogP contribution < -0.4 is 5.32 Å². The summed E-state index contributed by atoms with van der Waals surface area (Å²) in [5.41, 5.74) is 0. The molecule has 1 unspecified atom stereocenters. The fraction of sp³-hybridized carbons (Fsp3) is 0.846. The predicted octanol–water partition coefficient (Wildman–Crippen LogP) is 2.43. The lowest BCUT2D eigenvalue weighted by Gasteiger charge is -2.22. The van der Waals surface area contributed by atoms with Crippen LogP contribution in [0.15, 0.2) is 0 Å². The van der Waals surface area contributed by atoms with Crippen molar-refractivity contribution in [3.8, 4) is 0 Å². The molecule has 0 aliphatic heterocycles. The van der Waals surface area contributed by atoms with Crippen LogP contribution in [-0.4, -0.2) is 23.0 Å². The van der Waals surface area contributed by atoms with E-state index in [4.69, 9.17) is 5.11 Å². The summed E-state index contributed by atoms with van der Waals surface area (Å²) >= 11 is 0. The summed E-state index contributed by atoms with van der Waals surface area (Å²) < 4.78 is 0.